The fourth-order valence-electron chi connectivity index (χ4n) is 3.03. The Bertz CT molecular complexity index is 1050. The maximum Gasteiger partial charge on any atom is 0.341 e. The van der Waals surface area contributed by atoms with Gasteiger partial charge >= 0.3 is 5.97 Å². The van der Waals surface area contributed by atoms with Gasteiger partial charge in [-0.25, -0.2) is 17.6 Å². The molecule has 28 heavy (non-hydrogen) atoms. The highest BCUT2D eigenvalue weighted by atomic mass is 79.9. The van der Waals surface area contributed by atoms with Gasteiger partial charge in [-0.15, -0.1) is 0 Å². The summed E-state index contributed by atoms with van der Waals surface area (Å²) in [4.78, 5) is 24.4. The normalized spacial score (nSPS) is 13.8. The number of fused-ring (bicyclic) bond motifs is 1. The molecule has 2 aromatic carbocycles. The van der Waals surface area contributed by atoms with E-state index in [2.05, 4.69) is 15.9 Å². The van der Waals surface area contributed by atoms with Gasteiger partial charge in [0.2, 0.25) is 10.0 Å². The van der Waals surface area contributed by atoms with Crippen molar-refractivity contribution in [1.82, 2.24) is 0 Å². The largest absolute Gasteiger partial charge is 0.454 e. The number of nitrogens with zero attached hydrogens (tertiary/aromatic N) is 1. The fraction of sp³-hybridized carbons (Fsp3) is 0.263. The van der Waals surface area contributed by atoms with E-state index in [1.165, 1.54) is 22.5 Å². The Kier molecular flexibility index (Phi) is 5.85. The number of esters is 1. The Morgan fingerprint density at radius 1 is 1.21 bits per heavy atom. The molecule has 0 aliphatic carbocycles. The maximum absolute atomic E-state index is 13.7. The summed E-state index contributed by atoms with van der Waals surface area (Å²) in [6.45, 7) is -0.145. The molecule has 0 bridgehead atoms. The van der Waals surface area contributed by atoms with Gasteiger partial charge in [0, 0.05) is 16.6 Å². The van der Waals surface area contributed by atoms with E-state index < -0.39 is 34.2 Å². The van der Waals surface area contributed by atoms with Crippen LogP contribution in [0.1, 0.15) is 32.7 Å². The topological polar surface area (TPSA) is 80.8 Å². The van der Waals surface area contributed by atoms with Crippen LogP contribution in [0.4, 0.5) is 10.1 Å². The Balaban J connectivity index is 1.73. The summed E-state index contributed by atoms with van der Waals surface area (Å²) in [5.74, 6) is -2.13. The van der Waals surface area contributed by atoms with Gasteiger partial charge in [0.1, 0.15) is 5.82 Å². The summed E-state index contributed by atoms with van der Waals surface area (Å²) in [6.07, 6.45) is 2.43. The molecular formula is C19H17BrFNO5S. The second-order valence-corrected chi connectivity index (χ2v) is 9.23. The van der Waals surface area contributed by atoms with Crippen LogP contribution in [0.5, 0.6) is 0 Å². The molecule has 0 amide bonds. The average molecular weight is 470 g/mol. The first-order chi connectivity index (χ1) is 13.2. The van der Waals surface area contributed by atoms with Crippen LogP contribution in [0.3, 0.4) is 0 Å². The number of ether oxygens (including phenoxy) is 1. The molecule has 1 heterocycles. The van der Waals surface area contributed by atoms with Crippen LogP contribution in [-0.2, 0) is 21.2 Å². The third-order valence-electron chi connectivity index (χ3n) is 4.36. The van der Waals surface area contributed by atoms with Crippen molar-refractivity contribution in [2.75, 3.05) is 23.7 Å². The number of halogens is 2. The molecule has 0 spiro atoms. The summed E-state index contributed by atoms with van der Waals surface area (Å²) >= 11 is 3.15. The van der Waals surface area contributed by atoms with E-state index in [1.54, 1.807) is 12.1 Å². The third kappa shape index (κ3) is 4.41. The summed E-state index contributed by atoms with van der Waals surface area (Å²) in [5, 5.41) is 0. The number of carbonyl (C=O) groups excluding carboxylic acids is 2. The van der Waals surface area contributed by atoms with Gasteiger partial charge in [0.05, 0.1) is 17.5 Å². The highest BCUT2D eigenvalue weighted by molar-refractivity contribution is 9.10. The molecule has 0 aromatic heterocycles. The van der Waals surface area contributed by atoms with Gasteiger partial charge in [0.25, 0.3) is 0 Å². The predicted molar refractivity (Wildman–Crippen MR) is 106 cm³/mol. The molecule has 0 fully saturated rings. The number of hydrogen-bond donors (Lipinski definition) is 0. The lowest BCUT2D eigenvalue weighted by atomic mass is 9.99. The maximum atomic E-state index is 13.7. The minimum atomic E-state index is -3.39. The zero-order valence-electron chi connectivity index (χ0n) is 14.9. The van der Waals surface area contributed by atoms with Crippen molar-refractivity contribution in [3.8, 4) is 0 Å². The quantitative estimate of drug-likeness (QED) is 0.495. The van der Waals surface area contributed by atoms with Crippen LogP contribution < -0.4 is 4.31 Å². The SMILES string of the molecule is CS(=O)(=O)N1CCCc2cc(C(=O)COC(=O)c3cc(Br)ccc3F)ccc21. The van der Waals surface area contributed by atoms with E-state index in [0.717, 1.165) is 17.9 Å². The van der Waals surface area contributed by atoms with Crippen molar-refractivity contribution < 1.29 is 27.1 Å². The molecule has 0 saturated carbocycles. The van der Waals surface area contributed by atoms with Crippen LogP contribution in [0.15, 0.2) is 40.9 Å². The van der Waals surface area contributed by atoms with Crippen LogP contribution in [0.2, 0.25) is 0 Å². The summed E-state index contributed by atoms with van der Waals surface area (Å²) in [6, 6.07) is 8.55. The second-order valence-electron chi connectivity index (χ2n) is 6.41. The predicted octanol–water partition coefficient (Wildman–Crippen LogP) is 3.34. The number of carbonyl (C=O) groups is 2. The van der Waals surface area contributed by atoms with Gasteiger partial charge in [-0.05, 0) is 54.8 Å². The molecule has 2 aromatic rings. The number of benzene rings is 2. The first-order valence-corrected chi connectivity index (χ1v) is 11.1. The van der Waals surface area contributed by atoms with Crippen LogP contribution in [0, 0.1) is 5.82 Å². The smallest absolute Gasteiger partial charge is 0.341 e. The number of rotatable bonds is 5. The van der Waals surface area contributed by atoms with Crippen molar-refractivity contribution in [2.24, 2.45) is 0 Å². The fourth-order valence-corrected chi connectivity index (χ4v) is 4.38. The van der Waals surface area contributed by atoms with E-state index in [9.17, 15) is 22.4 Å². The highest BCUT2D eigenvalue weighted by Gasteiger charge is 2.25. The van der Waals surface area contributed by atoms with Crippen molar-refractivity contribution in [1.29, 1.82) is 0 Å². The van der Waals surface area contributed by atoms with E-state index in [4.69, 9.17) is 4.74 Å². The van der Waals surface area contributed by atoms with Crippen LogP contribution in [0.25, 0.3) is 0 Å². The van der Waals surface area contributed by atoms with Crippen molar-refractivity contribution in [2.45, 2.75) is 12.8 Å². The average Bonchev–Trinajstić information content (AvgIpc) is 2.66. The Morgan fingerprint density at radius 3 is 2.68 bits per heavy atom. The minimum Gasteiger partial charge on any atom is -0.454 e. The second kappa shape index (κ2) is 8.00. The van der Waals surface area contributed by atoms with Gasteiger partial charge < -0.3 is 4.74 Å². The van der Waals surface area contributed by atoms with E-state index in [-0.39, 0.29) is 5.56 Å². The van der Waals surface area contributed by atoms with E-state index >= 15 is 0 Å². The Hall–Kier alpha value is -2.26. The first kappa shape index (κ1) is 20.5. The summed E-state index contributed by atoms with van der Waals surface area (Å²) in [7, 11) is -3.39. The summed E-state index contributed by atoms with van der Waals surface area (Å²) in [5.41, 5.74) is 1.33. The Morgan fingerprint density at radius 2 is 1.96 bits per heavy atom. The molecule has 148 valence electrons. The standard InChI is InChI=1S/C19H17BrFNO5S/c1-28(25,26)22-8-2-3-12-9-13(4-7-17(12)22)18(23)11-27-19(24)15-10-14(20)5-6-16(15)21/h4-7,9-10H,2-3,8,11H2,1H3. The van der Waals surface area contributed by atoms with E-state index in [1.807, 2.05) is 0 Å². The summed E-state index contributed by atoms with van der Waals surface area (Å²) < 4.78 is 44.3. The van der Waals surface area contributed by atoms with Crippen molar-refractivity contribution in [3.63, 3.8) is 0 Å². The number of hydrogen-bond acceptors (Lipinski definition) is 5. The molecule has 6 nitrogen and oxygen atoms in total. The molecular weight excluding hydrogens is 453 g/mol. The van der Waals surface area contributed by atoms with Crippen molar-refractivity contribution >= 4 is 43.4 Å². The number of aryl methyl sites for hydroxylation is 1. The lowest BCUT2D eigenvalue weighted by Gasteiger charge is -2.29. The zero-order valence-corrected chi connectivity index (χ0v) is 17.3. The molecule has 0 radical (unpaired) electrons. The van der Waals surface area contributed by atoms with Gasteiger partial charge in [-0.2, -0.15) is 0 Å². The zero-order chi connectivity index (χ0) is 20.5. The lowest BCUT2D eigenvalue weighted by Crippen LogP contribution is -2.34. The number of anilines is 1. The van der Waals surface area contributed by atoms with Gasteiger partial charge in [-0.1, -0.05) is 15.9 Å². The monoisotopic (exact) mass is 469 g/mol. The molecule has 1 aliphatic rings. The molecule has 0 N–H and O–H groups in total. The van der Waals surface area contributed by atoms with Crippen LogP contribution >= 0.6 is 15.9 Å². The molecule has 1 aliphatic heterocycles. The van der Waals surface area contributed by atoms with E-state index in [0.29, 0.717) is 35.1 Å². The van der Waals surface area contributed by atoms with Gasteiger partial charge in [-0.3, -0.25) is 9.10 Å². The van der Waals surface area contributed by atoms with Gasteiger partial charge in [0.15, 0.2) is 12.4 Å². The highest BCUT2D eigenvalue weighted by Crippen LogP contribution is 2.30. The first-order valence-electron chi connectivity index (χ1n) is 8.43. The molecule has 0 saturated heterocycles. The van der Waals surface area contributed by atoms with Crippen molar-refractivity contribution in [3.05, 3.63) is 63.4 Å². The minimum absolute atomic E-state index is 0.267. The molecule has 3 rings (SSSR count). The lowest BCUT2D eigenvalue weighted by molar-refractivity contribution is 0.0470. The number of Topliss-reactive ketones (excluding diaryl/α,β-unsaturated/α-hetero) is 1. The third-order valence-corrected chi connectivity index (χ3v) is 6.03. The molecule has 0 unspecified atom stereocenters. The molecule has 0 atom stereocenters. The number of ketones is 1. The Labute approximate surface area is 170 Å². The number of sulfonamides is 1. The molecule has 9 heteroatoms. The van der Waals surface area contributed by atoms with Crippen LogP contribution in [-0.4, -0.2) is 39.6 Å².